The van der Waals surface area contributed by atoms with Crippen molar-refractivity contribution < 1.29 is 24.3 Å². The molecule has 0 heterocycles. The maximum absolute atomic E-state index is 12.0. The van der Waals surface area contributed by atoms with E-state index in [1.165, 1.54) is 4.90 Å². The van der Waals surface area contributed by atoms with Gasteiger partial charge in [0.15, 0.2) is 0 Å². The predicted molar refractivity (Wildman–Crippen MR) is 97.2 cm³/mol. The molecular formula is C12H19I2N3O5. The van der Waals surface area contributed by atoms with Crippen LogP contribution in [-0.2, 0) is 19.2 Å². The second-order valence-electron chi connectivity index (χ2n) is 4.24. The van der Waals surface area contributed by atoms with Crippen LogP contribution in [0.3, 0.4) is 0 Å². The van der Waals surface area contributed by atoms with Crippen LogP contribution in [0.4, 0.5) is 0 Å². The minimum Gasteiger partial charge on any atom is -0.481 e. The summed E-state index contributed by atoms with van der Waals surface area (Å²) in [7, 11) is 0. The SMILES string of the molecule is O=C(O)CCC(=O)N(CCNC(=O)CI)CCNC(=O)CI. The number of carbonyl (C=O) groups excluding carboxylic acids is 3. The van der Waals surface area contributed by atoms with Gasteiger partial charge < -0.3 is 20.6 Å². The molecule has 0 radical (unpaired) electrons. The monoisotopic (exact) mass is 539 g/mol. The normalized spacial score (nSPS) is 9.91. The summed E-state index contributed by atoms with van der Waals surface area (Å²) in [6.07, 6.45) is -0.342. The molecule has 0 aliphatic rings. The maximum atomic E-state index is 12.0. The zero-order chi connectivity index (χ0) is 17.0. The summed E-state index contributed by atoms with van der Waals surface area (Å²) >= 11 is 3.86. The summed E-state index contributed by atoms with van der Waals surface area (Å²) < 4.78 is 0.660. The molecule has 0 aromatic heterocycles. The standard InChI is InChI=1S/C12H19I2N3O5/c13-7-9(18)15-3-5-17(6-4-16-10(19)8-14)11(20)1-2-12(21)22/h1-8H2,(H,15,18)(H,16,19)(H,21,22). The van der Waals surface area contributed by atoms with Gasteiger partial charge in [-0.2, -0.15) is 0 Å². The number of amides is 3. The van der Waals surface area contributed by atoms with Gasteiger partial charge in [0, 0.05) is 32.6 Å². The Balaban J connectivity index is 4.34. The average Bonchev–Trinajstić information content (AvgIpc) is 2.50. The van der Waals surface area contributed by atoms with Crippen LogP contribution >= 0.6 is 45.2 Å². The van der Waals surface area contributed by atoms with E-state index in [4.69, 9.17) is 5.11 Å². The van der Waals surface area contributed by atoms with E-state index >= 15 is 0 Å². The van der Waals surface area contributed by atoms with Gasteiger partial charge in [-0.05, 0) is 0 Å². The van der Waals surface area contributed by atoms with Crippen molar-refractivity contribution in [3.05, 3.63) is 0 Å². The Hall–Kier alpha value is -0.660. The Morgan fingerprint density at radius 2 is 1.32 bits per heavy atom. The topological polar surface area (TPSA) is 116 Å². The van der Waals surface area contributed by atoms with E-state index < -0.39 is 5.97 Å². The quantitative estimate of drug-likeness (QED) is 0.248. The van der Waals surface area contributed by atoms with Crippen LogP contribution in [0.15, 0.2) is 0 Å². The summed E-state index contributed by atoms with van der Waals surface area (Å²) in [6, 6.07) is 0. The van der Waals surface area contributed by atoms with Crippen molar-refractivity contribution in [2.45, 2.75) is 12.8 Å². The molecule has 0 fully saturated rings. The van der Waals surface area contributed by atoms with Crippen LogP contribution < -0.4 is 10.6 Å². The van der Waals surface area contributed by atoms with Crippen LogP contribution in [0.25, 0.3) is 0 Å². The molecule has 0 aliphatic heterocycles. The molecule has 0 saturated carbocycles. The lowest BCUT2D eigenvalue weighted by molar-refractivity contribution is -0.140. The summed E-state index contributed by atoms with van der Waals surface area (Å²) in [5, 5.41) is 13.9. The molecule has 0 aliphatic carbocycles. The van der Waals surface area contributed by atoms with Crippen molar-refractivity contribution in [1.82, 2.24) is 15.5 Å². The average molecular weight is 539 g/mol. The van der Waals surface area contributed by atoms with Crippen LogP contribution in [0.1, 0.15) is 12.8 Å². The largest absolute Gasteiger partial charge is 0.481 e. The van der Waals surface area contributed by atoms with Gasteiger partial charge in [0.1, 0.15) is 0 Å². The van der Waals surface area contributed by atoms with Crippen molar-refractivity contribution in [1.29, 1.82) is 0 Å². The molecular weight excluding hydrogens is 520 g/mol. The lowest BCUT2D eigenvalue weighted by atomic mass is 10.2. The highest BCUT2D eigenvalue weighted by Gasteiger charge is 2.15. The van der Waals surface area contributed by atoms with Gasteiger partial charge in [-0.25, -0.2) is 0 Å². The minimum absolute atomic E-state index is 0.101. The van der Waals surface area contributed by atoms with E-state index in [2.05, 4.69) is 10.6 Å². The van der Waals surface area contributed by atoms with Crippen molar-refractivity contribution in [3.63, 3.8) is 0 Å². The van der Waals surface area contributed by atoms with Crippen LogP contribution in [-0.4, -0.2) is 68.7 Å². The fourth-order valence-corrected chi connectivity index (χ4v) is 2.03. The molecule has 10 heteroatoms. The first kappa shape index (κ1) is 21.3. The summed E-state index contributed by atoms with van der Waals surface area (Å²) in [6.45, 7) is 1.14. The Bertz CT molecular complexity index is 384. The molecule has 0 atom stereocenters. The van der Waals surface area contributed by atoms with Crippen molar-refractivity contribution >= 4 is 68.9 Å². The van der Waals surface area contributed by atoms with Crippen LogP contribution in [0.5, 0.6) is 0 Å². The fraction of sp³-hybridized carbons (Fsp3) is 0.667. The van der Waals surface area contributed by atoms with E-state index in [0.29, 0.717) is 21.9 Å². The van der Waals surface area contributed by atoms with Gasteiger partial charge in [0.25, 0.3) is 0 Å². The van der Waals surface area contributed by atoms with E-state index in [1.807, 2.05) is 45.2 Å². The Morgan fingerprint density at radius 3 is 1.68 bits per heavy atom. The molecule has 0 unspecified atom stereocenters. The smallest absolute Gasteiger partial charge is 0.303 e. The van der Waals surface area contributed by atoms with Gasteiger partial charge in [-0.1, -0.05) is 45.2 Å². The molecule has 22 heavy (non-hydrogen) atoms. The third kappa shape index (κ3) is 11.0. The van der Waals surface area contributed by atoms with Gasteiger partial charge in [-0.15, -0.1) is 0 Å². The highest BCUT2D eigenvalue weighted by atomic mass is 127. The van der Waals surface area contributed by atoms with Crippen molar-refractivity contribution in [2.24, 2.45) is 0 Å². The number of carboxylic acids is 1. The first-order chi connectivity index (χ1) is 10.4. The minimum atomic E-state index is -1.04. The Morgan fingerprint density at radius 1 is 0.864 bits per heavy atom. The van der Waals surface area contributed by atoms with E-state index in [0.717, 1.165) is 0 Å². The van der Waals surface area contributed by atoms with E-state index in [9.17, 15) is 19.2 Å². The first-order valence-electron chi connectivity index (χ1n) is 6.55. The van der Waals surface area contributed by atoms with Crippen molar-refractivity contribution in [3.8, 4) is 0 Å². The summed E-state index contributed by atoms with van der Waals surface area (Å²) in [5.41, 5.74) is 0. The molecule has 0 bridgehead atoms. The third-order valence-electron chi connectivity index (χ3n) is 2.56. The van der Waals surface area contributed by atoms with Crippen molar-refractivity contribution in [2.75, 3.05) is 35.0 Å². The van der Waals surface area contributed by atoms with E-state index in [1.54, 1.807) is 0 Å². The maximum Gasteiger partial charge on any atom is 0.303 e. The number of hydrogen-bond donors (Lipinski definition) is 3. The number of nitrogens with one attached hydrogen (secondary N) is 2. The number of hydrogen-bond acceptors (Lipinski definition) is 4. The molecule has 126 valence electrons. The summed E-state index contributed by atoms with van der Waals surface area (Å²) in [5.74, 6) is -1.60. The second kappa shape index (κ2) is 12.8. The molecule has 0 saturated heterocycles. The molecule has 8 nitrogen and oxygen atoms in total. The zero-order valence-corrected chi connectivity index (χ0v) is 16.3. The molecule has 3 amide bonds. The summed E-state index contributed by atoms with van der Waals surface area (Å²) in [4.78, 5) is 46.3. The molecule has 0 spiro atoms. The number of nitrogens with zero attached hydrogens (tertiary/aromatic N) is 1. The predicted octanol–water partition coefficient (Wildman–Crippen LogP) is -0.218. The number of carboxylic acid groups (broad SMARTS) is 1. The number of aliphatic carboxylic acids is 1. The van der Waals surface area contributed by atoms with Gasteiger partial charge in [0.05, 0.1) is 15.3 Å². The zero-order valence-electron chi connectivity index (χ0n) is 11.9. The van der Waals surface area contributed by atoms with Gasteiger partial charge in [-0.3, -0.25) is 19.2 Å². The first-order valence-corrected chi connectivity index (χ1v) is 9.60. The highest BCUT2D eigenvalue weighted by molar-refractivity contribution is 14.1. The Labute approximate surface area is 156 Å². The lowest BCUT2D eigenvalue weighted by Gasteiger charge is -2.23. The molecule has 0 rings (SSSR count). The van der Waals surface area contributed by atoms with Crippen LogP contribution in [0, 0.1) is 0 Å². The number of alkyl halides is 2. The number of rotatable bonds is 11. The van der Waals surface area contributed by atoms with Gasteiger partial charge >= 0.3 is 5.97 Å². The number of carbonyl (C=O) groups is 4. The molecule has 0 aromatic carbocycles. The molecule has 0 aromatic rings. The number of halogens is 2. The third-order valence-corrected chi connectivity index (χ3v) is 3.94. The van der Waals surface area contributed by atoms with Crippen LogP contribution in [0.2, 0.25) is 0 Å². The Kier molecular flexibility index (Phi) is 12.5. The van der Waals surface area contributed by atoms with Gasteiger partial charge in [0.2, 0.25) is 17.7 Å². The lowest BCUT2D eigenvalue weighted by Crippen LogP contribution is -2.43. The second-order valence-corrected chi connectivity index (χ2v) is 5.77. The van der Waals surface area contributed by atoms with E-state index in [-0.39, 0.29) is 43.7 Å². The molecule has 3 N–H and O–H groups in total. The highest BCUT2D eigenvalue weighted by Crippen LogP contribution is 1.98. The fourth-order valence-electron chi connectivity index (χ4n) is 1.49.